The molecular weight excluding hydrogens is 519 g/mol. The van der Waals surface area contributed by atoms with Crippen molar-refractivity contribution in [2.24, 2.45) is 16.6 Å². The number of nitrogens with one attached hydrogen (secondary N) is 1. The van der Waals surface area contributed by atoms with Gasteiger partial charge in [0.2, 0.25) is 10.0 Å². The summed E-state index contributed by atoms with van der Waals surface area (Å²) in [5.41, 5.74) is 7.81. The minimum absolute atomic E-state index is 0.0788. The van der Waals surface area contributed by atoms with E-state index in [-0.39, 0.29) is 47.8 Å². The number of aliphatic hydroxyl groups is 1. The van der Waals surface area contributed by atoms with Crippen molar-refractivity contribution in [2.45, 2.75) is 42.5 Å². The standard InChI is InChI=1S/C25H27FN4O5S2/c1-36-19-11-15(29-37(2,33)34)7-8-16(19)28-24(27)21-23(31)20-17-9-10-18(35-17)22(20)30(25(21)32)12-13-3-5-14(26)6-4-13/h3-8,11,17-18,20,22,29,31H,9-10,12H2,1-2H3,(H2,27,28). The number of amides is 1. The second kappa shape index (κ2) is 9.66. The second-order valence-electron chi connectivity index (χ2n) is 9.38. The molecule has 2 aromatic rings. The number of ether oxygens (including phenoxy) is 1. The van der Waals surface area contributed by atoms with Crippen molar-refractivity contribution in [3.8, 4) is 0 Å². The molecule has 3 aliphatic rings. The molecule has 0 spiro atoms. The molecule has 0 aromatic heterocycles. The Bertz CT molecular complexity index is 1410. The Balaban J connectivity index is 1.52. The van der Waals surface area contributed by atoms with E-state index in [1.807, 2.05) is 0 Å². The number of sulfonamides is 1. The molecule has 2 saturated heterocycles. The number of carbonyl (C=O) groups excluding carboxylic acids is 1. The smallest absolute Gasteiger partial charge is 0.261 e. The van der Waals surface area contributed by atoms with Crippen molar-refractivity contribution in [3.63, 3.8) is 0 Å². The highest BCUT2D eigenvalue weighted by Gasteiger charge is 2.58. The van der Waals surface area contributed by atoms with Gasteiger partial charge >= 0.3 is 0 Å². The number of halogens is 1. The summed E-state index contributed by atoms with van der Waals surface area (Å²) >= 11 is 1.33. The Morgan fingerprint density at radius 1 is 1.24 bits per heavy atom. The number of anilines is 1. The van der Waals surface area contributed by atoms with E-state index in [0.717, 1.165) is 24.7 Å². The van der Waals surface area contributed by atoms with E-state index in [9.17, 15) is 22.7 Å². The molecule has 196 valence electrons. The number of aliphatic imine (C=N–C) groups is 1. The predicted molar refractivity (Wildman–Crippen MR) is 140 cm³/mol. The van der Waals surface area contributed by atoms with Crippen molar-refractivity contribution >= 4 is 44.9 Å². The molecule has 3 aliphatic heterocycles. The van der Waals surface area contributed by atoms with E-state index in [1.54, 1.807) is 41.5 Å². The lowest BCUT2D eigenvalue weighted by Gasteiger charge is -2.41. The van der Waals surface area contributed by atoms with Gasteiger partial charge in [0.15, 0.2) is 0 Å². The van der Waals surface area contributed by atoms with Gasteiger partial charge in [-0.05, 0) is 55.0 Å². The van der Waals surface area contributed by atoms with Gasteiger partial charge in [-0.3, -0.25) is 9.52 Å². The van der Waals surface area contributed by atoms with Gasteiger partial charge in [-0.1, -0.05) is 12.1 Å². The fourth-order valence-electron chi connectivity index (χ4n) is 5.38. The van der Waals surface area contributed by atoms with Crippen LogP contribution in [-0.2, 0) is 26.1 Å². The number of aliphatic hydroxyl groups excluding tert-OH is 1. The van der Waals surface area contributed by atoms with Crippen LogP contribution in [0.25, 0.3) is 0 Å². The highest BCUT2D eigenvalue weighted by molar-refractivity contribution is 7.98. The first-order valence-electron chi connectivity index (χ1n) is 11.7. The zero-order valence-electron chi connectivity index (χ0n) is 20.2. The summed E-state index contributed by atoms with van der Waals surface area (Å²) in [7, 11) is -3.46. The number of hydrogen-bond acceptors (Lipinski definition) is 7. The Labute approximate surface area is 218 Å². The molecule has 4 unspecified atom stereocenters. The van der Waals surface area contributed by atoms with Crippen LogP contribution < -0.4 is 10.5 Å². The minimum Gasteiger partial charge on any atom is -0.511 e. The molecule has 37 heavy (non-hydrogen) atoms. The maximum Gasteiger partial charge on any atom is 0.261 e. The lowest BCUT2D eigenvalue weighted by atomic mass is 9.78. The maximum absolute atomic E-state index is 13.8. The lowest BCUT2D eigenvalue weighted by Crippen LogP contribution is -2.55. The molecule has 0 aliphatic carbocycles. The first kappa shape index (κ1) is 25.6. The molecule has 1 amide bonds. The first-order chi connectivity index (χ1) is 17.6. The summed E-state index contributed by atoms with van der Waals surface area (Å²) in [6.07, 6.45) is 3.99. The quantitative estimate of drug-likeness (QED) is 0.276. The molecule has 0 saturated carbocycles. The first-order valence-corrected chi connectivity index (χ1v) is 14.8. The highest BCUT2D eigenvalue weighted by atomic mass is 32.2. The molecule has 2 aromatic carbocycles. The summed E-state index contributed by atoms with van der Waals surface area (Å²) in [4.78, 5) is 20.5. The van der Waals surface area contributed by atoms with Crippen molar-refractivity contribution in [3.05, 3.63) is 65.2 Å². The van der Waals surface area contributed by atoms with Gasteiger partial charge in [-0.25, -0.2) is 17.8 Å². The largest absolute Gasteiger partial charge is 0.511 e. The number of amidine groups is 1. The van der Waals surface area contributed by atoms with Crippen LogP contribution in [0.5, 0.6) is 0 Å². The minimum atomic E-state index is -3.46. The van der Waals surface area contributed by atoms with Crippen LogP contribution in [0.2, 0.25) is 0 Å². The summed E-state index contributed by atoms with van der Waals surface area (Å²) < 4.78 is 45.1. The van der Waals surface area contributed by atoms with Gasteiger partial charge in [0.1, 0.15) is 23.0 Å². The Hall–Kier alpha value is -3.09. The number of nitrogens with zero attached hydrogens (tertiary/aromatic N) is 2. The van der Waals surface area contributed by atoms with Crippen LogP contribution in [0.3, 0.4) is 0 Å². The Morgan fingerprint density at radius 2 is 1.95 bits per heavy atom. The molecule has 4 atom stereocenters. The fourth-order valence-corrected chi connectivity index (χ4v) is 6.50. The van der Waals surface area contributed by atoms with Crippen molar-refractivity contribution in [1.82, 2.24) is 4.90 Å². The Kier molecular flexibility index (Phi) is 6.67. The summed E-state index contributed by atoms with van der Waals surface area (Å²) in [6, 6.07) is 10.3. The number of benzene rings is 2. The second-order valence-corrected chi connectivity index (χ2v) is 12.0. The summed E-state index contributed by atoms with van der Waals surface area (Å²) in [5.74, 6) is -1.54. The number of fused-ring (bicyclic) bond motifs is 5. The zero-order valence-corrected chi connectivity index (χ0v) is 21.9. The van der Waals surface area contributed by atoms with Crippen molar-refractivity contribution < 1.29 is 27.4 Å². The number of nitrogens with two attached hydrogens (primary N) is 1. The van der Waals surface area contributed by atoms with Gasteiger partial charge in [-0.15, -0.1) is 11.8 Å². The Morgan fingerprint density at radius 3 is 2.62 bits per heavy atom. The lowest BCUT2D eigenvalue weighted by molar-refractivity contribution is -0.133. The number of rotatable bonds is 7. The molecule has 4 N–H and O–H groups in total. The van der Waals surface area contributed by atoms with E-state index < -0.39 is 21.8 Å². The fraction of sp³-hybridized carbons (Fsp3) is 0.360. The molecule has 9 nitrogen and oxygen atoms in total. The maximum atomic E-state index is 13.8. The van der Waals surface area contributed by atoms with Gasteiger partial charge in [0.05, 0.1) is 36.1 Å². The van der Waals surface area contributed by atoms with E-state index >= 15 is 0 Å². The third-order valence-electron chi connectivity index (χ3n) is 6.89. The monoisotopic (exact) mass is 546 g/mol. The van der Waals surface area contributed by atoms with Crippen molar-refractivity contribution in [1.29, 1.82) is 0 Å². The third kappa shape index (κ3) is 4.92. The average molecular weight is 547 g/mol. The van der Waals surface area contributed by atoms with Crippen LogP contribution in [0.4, 0.5) is 15.8 Å². The van der Waals surface area contributed by atoms with Crippen LogP contribution in [-0.4, -0.2) is 60.9 Å². The van der Waals surface area contributed by atoms with E-state index in [4.69, 9.17) is 10.5 Å². The molecule has 3 heterocycles. The SMILES string of the molecule is CSc1cc(NS(C)(=O)=O)ccc1N=C(N)C1=C(O)C2C3CCC(O3)C2N(Cc2ccc(F)cc2)C1=O. The summed E-state index contributed by atoms with van der Waals surface area (Å²) in [5, 5.41) is 11.3. The molecule has 5 rings (SSSR count). The van der Waals surface area contributed by atoms with Gasteiger partial charge in [0, 0.05) is 17.1 Å². The number of thioether (sulfide) groups is 1. The number of carbonyl (C=O) groups is 1. The third-order valence-corrected chi connectivity index (χ3v) is 8.26. The highest BCUT2D eigenvalue weighted by Crippen LogP contribution is 2.48. The average Bonchev–Trinajstić information content (AvgIpc) is 3.45. The zero-order chi connectivity index (χ0) is 26.5. The molecule has 2 bridgehead atoms. The number of hydrogen-bond donors (Lipinski definition) is 3. The van der Waals surface area contributed by atoms with E-state index in [0.29, 0.717) is 16.3 Å². The van der Waals surface area contributed by atoms with Crippen LogP contribution in [0.15, 0.2) is 63.7 Å². The molecular formula is C25H27FN4O5S2. The predicted octanol–water partition coefficient (Wildman–Crippen LogP) is 3.31. The topological polar surface area (TPSA) is 134 Å². The van der Waals surface area contributed by atoms with E-state index in [2.05, 4.69) is 9.71 Å². The summed E-state index contributed by atoms with van der Waals surface area (Å²) in [6.45, 7) is 0.207. The van der Waals surface area contributed by atoms with E-state index in [1.165, 1.54) is 23.9 Å². The van der Waals surface area contributed by atoms with Crippen molar-refractivity contribution in [2.75, 3.05) is 17.2 Å². The molecule has 0 radical (unpaired) electrons. The van der Waals surface area contributed by atoms with Crippen LogP contribution in [0.1, 0.15) is 18.4 Å². The van der Waals surface area contributed by atoms with Crippen LogP contribution >= 0.6 is 11.8 Å². The van der Waals surface area contributed by atoms with Crippen LogP contribution in [0, 0.1) is 11.7 Å². The van der Waals surface area contributed by atoms with Gasteiger partial charge in [-0.2, -0.15) is 0 Å². The van der Waals surface area contributed by atoms with Gasteiger partial charge < -0.3 is 20.5 Å². The van der Waals surface area contributed by atoms with Gasteiger partial charge in [0.25, 0.3) is 5.91 Å². The molecule has 2 fully saturated rings. The normalized spacial score (nSPS) is 25.5. The molecule has 12 heteroatoms.